The van der Waals surface area contributed by atoms with E-state index in [1.54, 1.807) is 45.0 Å². The third-order valence-corrected chi connectivity index (χ3v) is 5.95. The van der Waals surface area contributed by atoms with Gasteiger partial charge >= 0.3 is 13.6 Å². The van der Waals surface area contributed by atoms with Crippen LogP contribution in [-0.4, -0.2) is 38.5 Å². The van der Waals surface area contributed by atoms with Crippen molar-refractivity contribution in [2.45, 2.75) is 26.9 Å². The molecule has 2 rings (SSSR count). The van der Waals surface area contributed by atoms with Gasteiger partial charge in [0.2, 0.25) is 0 Å². The molecule has 0 spiro atoms. The van der Waals surface area contributed by atoms with Gasteiger partial charge < -0.3 is 18.5 Å². The molecular formula is C17H23O6P. The summed E-state index contributed by atoms with van der Waals surface area (Å²) in [5.41, 5.74) is 1.10. The summed E-state index contributed by atoms with van der Waals surface area (Å²) in [6, 6.07) is 8.72. The van der Waals surface area contributed by atoms with Gasteiger partial charge in [-0.1, -0.05) is 18.2 Å². The topological polar surface area (TPSA) is 71.1 Å². The summed E-state index contributed by atoms with van der Waals surface area (Å²) < 4.78 is 34.6. The lowest BCUT2D eigenvalue weighted by Gasteiger charge is -2.21. The van der Waals surface area contributed by atoms with Crippen molar-refractivity contribution in [3.63, 3.8) is 0 Å². The predicted molar refractivity (Wildman–Crippen MR) is 90.0 cm³/mol. The summed E-state index contributed by atoms with van der Waals surface area (Å²) in [5, 5.41) is 0.453. The Hall–Kier alpha value is -1.46. The van der Waals surface area contributed by atoms with Crippen LogP contribution in [0.15, 0.2) is 41.2 Å². The molecule has 1 heterocycles. The molecule has 1 atom stereocenters. The van der Waals surface area contributed by atoms with Gasteiger partial charge in [0, 0.05) is 10.9 Å². The lowest BCUT2D eigenvalue weighted by molar-refractivity contribution is 0.0311. The van der Waals surface area contributed by atoms with Gasteiger partial charge in [-0.3, -0.25) is 4.57 Å². The molecular weight excluding hydrogens is 331 g/mol. The molecule has 7 heteroatoms. The monoisotopic (exact) mass is 354 g/mol. The first-order valence-electron chi connectivity index (χ1n) is 7.95. The zero-order valence-electron chi connectivity index (χ0n) is 14.2. The quantitative estimate of drug-likeness (QED) is 0.548. The molecule has 0 aliphatic carbocycles. The smallest absolute Gasteiger partial charge is 0.357 e. The molecule has 0 aromatic heterocycles. The molecule has 0 amide bonds. The van der Waals surface area contributed by atoms with Gasteiger partial charge in [0.25, 0.3) is 0 Å². The van der Waals surface area contributed by atoms with E-state index in [1.165, 1.54) is 0 Å². The predicted octanol–water partition coefficient (Wildman–Crippen LogP) is 3.78. The van der Waals surface area contributed by atoms with E-state index >= 15 is 0 Å². The maximum absolute atomic E-state index is 12.9. The highest BCUT2D eigenvalue weighted by atomic mass is 31.2. The molecule has 1 saturated heterocycles. The maximum atomic E-state index is 12.9. The van der Waals surface area contributed by atoms with Crippen molar-refractivity contribution in [3.8, 4) is 0 Å². The summed E-state index contributed by atoms with van der Waals surface area (Å²) in [6.07, 6.45) is -0.591. The van der Waals surface area contributed by atoms with Crippen LogP contribution in [0.2, 0.25) is 0 Å². The highest BCUT2D eigenvalue weighted by molar-refractivity contribution is 7.58. The van der Waals surface area contributed by atoms with Crippen LogP contribution in [-0.2, 0) is 23.1 Å². The third-order valence-electron chi connectivity index (χ3n) is 3.65. The summed E-state index contributed by atoms with van der Waals surface area (Å²) in [5.74, 6) is -0.445. The van der Waals surface area contributed by atoms with Gasteiger partial charge in [0.1, 0.15) is 6.10 Å². The number of carbonyl (C=O) groups excluding carboxylic acids is 1. The van der Waals surface area contributed by atoms with E-state index in [0.717, 1.165) is 0 Å². The number of allylic oxidation sites excluding steroid dienone is 1. The minimum Gasteiger partial charge on any atom is -0.452 e. The molecule has 1 aromatic carbocycles. The van der Waals surface area contributed by atoms with Crippen molar-refractivity contribution >= 4 is 13.6 Å². The van der Waals surface area contributed by atoms with Gasteiger partial charge in [-0.15, -0.1) is 0 Å². The SMILES string of the molecule is CCOP(=O)(OCC)/C(C)=C1/COCC1OC(=O)c1ccccc1. The number of rotatable bonds is 7. The number of carbonyl (C=O) groups is 1. The Bertz CT molecular complexity index is 630. The van der Waals surface area contributed by atoms with Crippen molar-refractivity contribution in [1.29, 1.82) is 0 Å². The number of benzene rings is 1. The van der Waals surface area contributed by atoms with Crippen molar-refractivity contribution in [2.75, 3.05) is 26.4 Å². The van der Waals surface area contributed by atoms with Crippen molar-refractivity contribution in [1.82, 2.24) is 0 Å². The van der Waals surface area contributed by atoms with Gasteiger partial charge in [0.05, 0.1) is 32.0 Å². The van der Waals surface area contributed by atoms with E-state index in [9.17, 15) is 9.36 Å². The molecule has 24 heavy (non-hydrogen) atoms. The summed E-state index contributed by atoms with van der Waals surface area (Å²) in [6.45, 7) is 6.17. The second-order valence-corrected chi connectivity index (χ2v) is 7.40. The van der Waals surface area contributed by atoms with Crippen LogP contribution in [0.4, 0.5) is 0 Å². The summed E-state index contributed by atoms with van der Waals surface area (Å²) >= 11 is 0. The van der Waals surface area contributed by atoms with Crippen LogP contribution >= 0.6 is 7.60 Å². The molecule has 1 aliphatic rings. The Labute approximate surface area is 142 Å². The first-order chi connectivity index (χ1) is 11.5. The second kappa shape index (κ2) is 8.58. The first kappa shape index (κ1) is 18.9. The number of esters is 1. The van der Waals surface area contributed by atoms with Gasteiger partial charge in [-0.2, -0.15) is 0 Å². The van der Waals surface area contributed by atoms with Crippen LogP contribution in [0.1, 0.15) is 31.1 Å². The Morgan fingerprint density at radius 1 is 1.21 bits per heavy atom. The van der Waals surface area contributed by atoms with E-state index in [1.807, 2.05) is 6.07 Å². The number of hydrogen-bond donors (Lipinski definition) is 0. The number of ether oxygens (including phenoxy) is 2. The first-order valence-corrected chi connectivity index (χ1v) is 9.49. The molecule has 132 valence electrons. The Balaban J connectivity index is 2.22. The third kappa shape index (κ3) is 4.33. The van der Waals surface area contributed by atoms with E-state index in [4.69, 9.17) is 18.5 Å². The number of hydrogen-bond acceptors (Lipinski definition) is 6. The second-order valence-electron chi connectivity index (χ2n) is 5.22. The van der Waals surface area contributed by atoms with Crippen molar-refractivity contribution in [3.05, 3.63) is 46.8 Å². The Morgan fingerprint density at radius 2 is 1.83 bits per heavy atom. The molecule has 1 aliphatic heterocycles. The summed E-state index contributed by atoms with van der Waals surface area (Å²) in [4.78, 5) is 12.2. The molecule has 0 bridgehead atoms. The highest BCUT2D eigenvalue weighted by Crippen LogP contribution is 2.57. The normalized spacial score (nSPS) is 20.0. The fourth-order valence-corrected chi connectivity index (χ4v) is 4.13. The van der Waals surface area contributed by atoms with E-state index < -0.39 is 19.7 Å². The summed E-state index contributed by atoms with van der Waals surface area (Å²) in [7, 11) is -3.40. The molecule has 1 aromatic rings. The van der Waals surface area contributed by atoms with Crippen molar-refractivity contribution < 1.29 is 27.9 Å². The molecule has 0 saturated carbocycles. The lowest BCUT2D eigenvalue weighted by atomic mass is 10.2. The zero-order chi connectivity index (χ0) is 17.6. The lowest BCUT2D eigenvalue weighted by Crippen LogP contribution is -2.21. The molecule has 1 fully saturated rings. The molecule has 1 unspecified atom stereocenters. The van der Waals surface area contributed by atoms with Crippen LogP contribution in [0.3, 0.4) is 0 Å². The van der Waals surface area contributed by atoms with E-state index in [0.29, 0.717) is 16.5 Å². The van der Waals surface area contributed by atoms with E-state index in [-0.39, 0.29) is 26.4 Å². The van der Waals surface area contributed by atoms with Crippen LogP contribution in [0, 0.1) is 0 Å². The van der Waals surface area contributed by atoms with Crippen molar-refractivity contribution in [2.24, 2.45) is 0 Å². The van der Waals surface area contributed by atoms with E-state index in [2.05, 4.69) is 0 Å². The van der Waals surface area contributed by atoms with Gasteiger partial charge in [-0.05, 0) is 32.9 Å². The Morgan fingerprint density at radius 3 is 2.42 bits per heavy atom. The fraction of sp³-hybridized carbons (Fsp3) is 0.471. The van der Waals surface area contributed by atoms with Gasteiger partial charge in [0.15, 0.2) is 0 Å². The minimum atomic E-state index is -3.40. The minimum absolute atomic E-state index is 0.226. The molecule has 6 nitrogen and oxygen atoms in total. The average Bonchev–Trinajstić information content (AvgIpc) is 3.03. The van der Waals surface area contributed by atoms with Gasteiger partial charge in [-0.25, -0.2) is 4.79 Å². The zero-order valence-corrected chi connectivity index (χ0v) is 15.1. The fourth-order valence-electron chi connectivity index (χ4n) is 2.43. The molecule has 0 N–H and O–H groups in total. The van der Waals surface area contributed by atoms with Crippen LogP contribution in [0.5, 0.6) is 0 Å². The average molecular weight is 354 g/mol. The Kier molecular flexibility index (Phi) is 6.75. The highest BCUT2D eigenvalue weighted by Gasteiger charge is 2.36. The van der Waals surface area contributed by atoms with Crippen LogP contribution < -0.4 is 0 Å². The maximum Gasteiger partial charge on any atom is 0.357 e. The largest absolute Gasteiger partial charge is 0.452 e. The van der Waals surface area contributed by atoms with Crippen LogP contribution in [0.25, 0.3) is 0 Å². The molecule has 0 radical (unpaired) electrons. The standard InChI is InChI=1S/C17H23O6P/c1-4-21-24(19,22-5-2)13(3)15-11-20-12-16(15)23-17(18)14-9-7-6-8-10-14/h6-10,16H,4-5,11-12H2,1-3H3/b15-13-.